The number of esters is 1. The monoisotopic (exact) mass is 958 g/mol. The largest absolute Gasteiger partial charge is 0.508 e. The summed E-state index contributed by atoms with van der Waals surface area (Å²) in [6.07, 6.45) is -0.806. The number of methoxy groups -OCH3 is 1. The zero-order chi connectivity index (χ0) is 49.8. The van der Waals surface area contributed by atoms with Crippen molar-refractivity contribution in [2.75, 3.05) is 32.5 Å². The van der Waals surface area contributed by atoms with Crippen LogP contribution in [0.3, 0.4) is 0 Å². The fourth-order valence-electron chi connectivity index (χ4n) is 7.16. The lowest BCUT2D eigenvalue weighted by atomic mass is 9.84. The number of carbonyl (C=O) groups is 7. The molecule has 0 spiro atoms. The van der Waals surface area contributed by atoms with Gasteiger partial charge in [0.25, 0.3) is 0 Å². The van der Waals surface area contributed by atoms with Crippen LogP contribution in [-0.4, -0.2) is 103 Å². The number of aromatic hydroxyl groups is 1. The van der Waals surface area contributed by atoms with Crippen molar-refractivity contribution in [2.45, 2.75) is 62.1 Å². The molecule has 362 valence electrons. The molecular weight excluding hydrogens is 901 g/mol. The highest BCUT2D eigenvalue weighted by Gasteiger charge is 2.39. The van der Waals surface area contributed by atoms with Gasteiger partial charge in [-0.2, -0.15) is 0 Å². The van der Waals surface area contributed by atoms with Gasteiger partial charge in [-0.05, 0) is 60.7 Å². The molecule has 0 aliphatic heterocycles. The topological polar surface area (TPSA) is 230 Å². The Morgan fingerprint density at radius 1 is 0.522 bits per heavy atom. The molecule has 17 heteroatoms. The van der Waals surface area contributed by atoms with Crippen LogP contribution in [0.4, 0.5) is 4.79 Å². The van der Waals surface area contributed by atoms with Gasteiger partial charge in [0.15, 0.2) is 0 Å². The number of nitrogens with one attached hydrogen (secondary N) is 6. The highest BCUT2D eigenvalue weighted by Crippen LogP contribution is 2.48. The summed E-state index contributed by atoms with van der Waals surface area (Å²) in [5.41, 5.74) is 3.17. The minimum Gasteiger partial charge on any atom is -0.508 e. The second-order valence-electron chi connectivity index (χ2n) is 16.8. The lowest BCUT2D eigenvalue weighted by Gasteiger charge is -2.36. The van der Waals surface area contributed by atoms with Gasteiger partial charge in [0.1, 0.15) is 36.0 Å². The Labute approximate surface area is 405 Å². The fourth-order valence-corrected chi connectivity index (χ4v) is 8.72. The molecule has 69 heavy (non-hydrogen) atoms. The highest BCUT2D eigenvalue weighted by atomic mass is 32.2. The zero-order valence-electron chi connectivity index (χ0n) is 38.9. The normalized spacial score (nSPS) is 12.5. The van der Waals surface area contributed by atoms with Gasteiger partial charge in [0.2, 0.25) is 29.5 Å². The summed E-state index contributed by atoms with van der Waals surface area (Å²) in [6, 6.07) is 40.3. The number of alkyl carbamates (subject to hydrolysis) is 1. The number of thioether (sulfide) groups is 1. The summed E-state index contributed by atoms with van der Waals surface area (Å²) in [5, 5.41) is 25.5. The lowest BCUT2D eigenvalue weighted by Crippen LogP contribution is -2.58. The molecule has 0 aliphatic rings. The van der Waals surface area contributed by atoms with E-state index in [9.17, 15) is 38.7 Å². The van der Waals surface area contributed by atoms with Gasteiger partial charge in [-0.15, -0.1) is 11.8 Å². The van der Waals surface area contributed by atoms with Crippen molar-refractivity contribution in [3.63, 3.8) is 0 Å². The Morgan fingerprint density at radius 3 is 1.43 bits per heavy atom. The number of ether oxygens (including phenoxy) is 2. The molecule has 0 heterocycles. The number of benzene rings is 5. The van der Waals surface area contributed by atoms with E-state index in [1.165, 1.54) is 31.0 Å². The van der Waals surface area contributed by atoms with Crippen LogP contribution < -0.4 is 31.9 Å². The highest BCUT2D eigenvalue weighted by molar-refractivity contribution is 8.00. The molecule has 0 aliphatic carbocycles. The maximum atomic E-state index is 14.8. The smallest absolute Gasteiger partial charge is 0.408 e. The first-order valence-corrected chi connectivity index (χ1v) is 23.2. The second-order valence-corrected chi connectivity index (χ2v) is 18.1. The number of phenolic OH excluding ortho intramolecular Hbond substituents is 1. The maximum Gasteiger partial charge on any atom is 0.408 e. The average Bonchev–Trinajstić information content (AvgIpc) is 3.35. The number of phenols is 1. The number of hydrogen-bond donors (Lipinski definition) is 7. The van der Waals surface area contributed by atoms with E-state index in [-0.39, 0.29) is 24.3 Å². The molecule has 6 amide bonds. The van der Waals surface area contributed by atoms with Crippen LogP contribution in [0.25, 0.3) is 0 Å². The van der Waals surface area contributed by atoms with E-state index in [0.717, 1.165) is 22.3 Å². The number of amides is 6. The molecule has 0 bridgehead atoms. The van der Waals surface area contributed by atoms with E-state index in [1.807, 2.05) is 97.1 Å². The quantitative estimate of drug-likeness (QED) is 0.0383. The summed E-state index contributed by atoms with van der Waals surface area (Å²) in [4.78, 5) is 93.1. The third kappa shape index (κ3) is 16.3. The molecule has 5 aromatic rings. The van der Waals surface area contributed by atoms with Gasteiger partial charge >= 0.3 is 12.1 Å². The Morgan fingerprint density at radius 2 is 0.942 bits per heavy atom. The summed E-state index contributed by atoms with van der Waals surface area (Å²) in [5.74, 6) is -4.45. The van der Waals surface area contributed by atoms with Crippen LogP contribution in [0.15, 0.2) is 146 Å². The molecule has 3 atom stereocenters. The van der Waals surface area contributed by atoms with Crippen molar-refractivity contribution in [1.29, 1.82) is 0 Å². The predicted molar refractivity (Wildman–Crippen MR) is 262 cm³/mol. The molecule has 0 saturated carbocycles. The Hall–Kier alpha value is -7.66. The Balaban J connectivity index is 1.43. The van der Waals surface area contributed by atoms with Crippen molar-refractivity contribution >= 4 is 53.4 Å². The van der Waals surface area contributed by atoms with Crippen LogP contribution in [0.5, 0.6) is 5.75 Å². The molecule has 0 unspecified atom stereocenters. The molecule has 0 radical (unpaired) electrons. The first kappa shape index (κ1) is 52.3. The summed E-state index contributed by atoms with van der Waals surface area (Å²) < 4.78 is 9.22. The molecule has 0 fully saturated rings. The van der Waals surface area contributed by atoms with E-state index >= 15 is 0 Å². The lowest BCUT2D eigenvalue weighted by molar-refractivity contribution is -0.145. The minimum absolute atomic E-state index is 0.0133. The van der Waals surface area contributed by atoms with E-state index in [4.69, 9.17) is 9.47 Å². The second kappa shape index (κ2) is 25.5. The van der Waals surface area contributed by atoms with Gasteiger partial charge in [-0.25, -0.2) is 9.59 Å². The first-order valence-electron chi connectivity index (χ1n) is 22.2. The van der Waals surface area contributed by atoms with E-state index in [0.29, 0.717) is 5.56 Å². The van der Waals surface area contributed by atoms with Gasteiger partial charge in [0, 0.05) is 18.6 Å². The maximum absolute atomic E-state index is 14.8. The minimum atomic E-state index is -1.34. The van der Waals surface area contributed by atoms with Gasteiger partial charge in [-0.1, -0.05) is 133 Å². The number of hydrogen-bond acceptors (Lipinski definition) is 11. The van der Waals surface area contributed by atoms with Crippen molar-refractivity contribution < 1.29 is 48.1 Å². The number of carbonyl (C=O) groups excluding carboxylic acids is 7. The molecule has 7 N–H and O–H groups in total. The van der Waals surface area contributed by atoms with Crippen LogP contribution in [-0.2, 0) is 55.8 Å². The van der Waals surface area contributed by atoms with E-state index < -0.39 is 89.7 Å². The van der Waals surface area contributed by atoms with E-state index in [1.54, 1.807) is 57.2 Å². The van der Waals surface area contributed by atoms with E-state index in [2.05, 4.69) is 31.9 Å². The Bertz CT molecular complexity index is 2400. The fraction of sp³-hybridized carbons (Fsp3) is 0.288. The van der Waals surface area contributed by atoms with Crippen LogP contribution >= 0.6 is 11.8 Å². The Kier molecular flexibility index (Phi) is 19.3. The molecule has 0 saturated heterocycles. The molecule has 5 aromatic carbocycles. The summed E-state index contributed by atoms with van der Waals surface area (Å²) in [7, 11) is 1.21. The van der Waals surface area contributed by atoms with Gasteiger partial charge in [-0.3, -0.25) is 24.0 Å². The predicted octanol–water partition coefficient (Wildman–Crippen LogP) is 4.29. The van der Waals surface area contributed by atoms with Crippen molar-refractivity contribution in [3.05, 3.63) is 173 Å². The summed E-state index contributed by atoms with van der Waals surface area (Å²) in [6.45, 7) is 3.41. The zero-order valence-corrected chi connectivity index (χ0v) is 39.7. The van der Waals surface area contributed by atoms with Crippen LogP contribution in [0.1, 0.15) is 48.6 Å². The van der Waals surface area contributed by atoms with Crippen LogP contribution in [0, 0.1) is 0 Å². The van der Waals surface area contributed by atoms with Crippen molar-refractivity contribution in [3.8, 4) is 5.75 Å². The number of rotatable bonds is 22. The molecule has 0 aromatic heterocycles. The van der Waals surface area contributed by atoms with Crippen molar-refractivity contribution in [1.82, 2.24) is 31.9 Å². The molecular formula is C52H58N6O10S. The van der Waals surface area contributed by atoms with Gasteiger partial charge in [0.05, 0.1) is 24.9 Å². The van der Waals surface area contributed by atoms with Crippen molar-refractivity contribution in [2.24, 2.45) is 0 Å². The summed E-state index contributed by atoms with van der Waals surface area (Å²) >= 11 is 1.37. The molecule has 5 rings (SSSR count). The first-order chi connectivity index (χ1) is 33.1. The SMILES string of the molecule is COC(=O)[C@H](Cc1ccccc1)NC(=O)[C@H](Cc1ccc(O)cc1)NC(=O)[C@H](CSC(c1ccccc1)(c1ccccc1)c1ccccc1)NC(=O)CNC(=O)CNC(=O)CNC(=O)OC(C)(C)C. The third-order valence-corrected chi connectivity index (χ3v) is 12.1. The average molecular weight is 959 g/mol. The standard InChI is InChI=1S/C52H58N6O10S/c1-51(2,3)68-50(66)55-32-45(61)53-31-44(60)54-33-46(62)56-43(34-69-52(37-19-11-6-12-20-37,38-21-13-7-14-22-38)39-23-15-8-16-24-39)48(64)57-41(29-36-25-27-40(59)28-26-36)47(63)58-42(49(65)67-4)30-35-17-9-5-10-18-35/h5-28,41-43,59H,29-34H2,1-4H3,(H,53,61)(H,54,60)(H,55,66)(H,56,62)(H,57,64)(H,58,63)/t41-,42-,43-/m0/s1. The third-order valence-electron chi connectivity index (χ3n) is 10.4. The molecule has 16 nitrogen and oxygen atoms in total. The van der Waals surface area contributed by atoms with Gasteiger partial charge < -0.3 is 46.5 Å². The van der Waals surface area contributed by atoms with Crippen LogP contribution in [0.2, 0.25) is 0 Å².